The van der Waals surface area contributed by atoms with E-state index in [0.29, 0.717) is 12.6 Å². The number of rotatable bonds is 5. The van der Waals surface area contributed by atoms with Crippen LogP contribution in [-0.2, 0) is 4.74 Å². The number of likely N-dealkylation sites (tertiary alicyclic amines) is 1. The van der Waals surface area contributed by atoms with Gasteiger partial charge >= 0.3 is 6.09 Å². The van der Waals surface area contributed by atoms with Crippen molar-refractivity contribution in [1.29, 1.82) is 0 Å². The summed E-state index contributed by atoms with van der Waals surface area (Å²) in [5.74, 6) is 1.84. The van der Waals surface area contributed by atoms with Crippen LogP contribution in [0.1, 0.15) is 70.2 Å². The number of benzene rings is 3. The Morgan fingerprint density at radius 1 is 0.837 bits per heavy atom. The molecule has 3 aromatic carbocycles. The molecule has 2 aliphatic rings. The van der Waals surface area contributed by atoms with Gasteiger partial charge in [0, 0.05) is 6.54 Å². The average Bonchev–Trinajstić information content (AvgIpc) is 3.82. The second kappa shape index (κ2) is 11.0. The summed E-state index contributed by atoms with van der Waals surface area (Å²) in [6.07, 6.45) is 5.71. The summed E-state index contributed by atoms with van der Waals surface area (Å²) in [4.78, 5) is 31.0. The number of amides is 1. The van der Waals surface area contributed by atoms with Gasteiger partial charge in [0.25, 0.3) is 0 Å². The fraction of sp³-hybridized carbons (Fsp3) is 0.343. The maximum atomic E-state index is 12.7. The molecule has 0 aliphatic carbocycles. The molecular formula is C35H38N6O2. The zero-order chi connectivity index (χ0) is 29.6. The Morgan fingerprint density at radius 2 is 1.51 bits per heavy atom. The van der Waals surface area contributed by atoms with Crippen molar-refractivity contribution in [2.45, 2.75) is 64.1 Å². The second-order valence-corrected chi connectivity index (χ2v) is 12.7. The molecule has 5 aromatic rings. The Bertz CT molecular complexity index is 1740. The molecule has 0 unspecified atom stereocenters. The SMILES string of the molecule is CC(C)(C)OC(=O)N1CCC[C@H]1c1ncc(-c2ccc(-c3ccc(-c4ccc5nc([C@@H]6CCCN6)[nH]c5c4)cc3)cc2)[nH]1. The molecule has 4 heterocycles. The van der Waals surface area contributed by atoms with E-state index in [4.69, 9.17) is 9.72 Å². The maximum absolute atomic E-state index is 12.7. The van der Waals surface area contributed by atoms with Gasteiger partial charge in [0.1, 0.15) is 17.2 Å². The Kier molecular flexibility index (Phi) is 7.01. The quantitative estimate of drug-likeness (QED) is 0.199. The number of aromatic amines is 2. The molecule has 2 saturated heterocycles. The molecule has 0 saturated carbocycles. The first kappa shape index (κ1) is 27.4. The van der Waals surface area contributed by atoms with Gasteiger partial charge in [0.2, 0.25) is 0 Å². The van der Waals surface area contributed by atoms with Gasteiger partial charge in [-0.15, -0.1) is 0 Å². The van der Waals surface area contributed by atoms with Gasteiger partial charge in [-0.05, 0) is 92.9 Å². The van der Waals surface area contributed by atoms with Crippen molar-refractivity contribution >= 4 is 17.1 Å². The minimum Gasteiger partial charge on any atom is -0.444 e. The molecule has 8 heteroatoms. The molecule has 3 N–H and O–H groups in total. The number of H-pyrrole nitrogens is 2. The van der Waals surface area contributed by atoms with E-state index in [1.807, 2.05) is 27.0 Å². The number of hydrogen-bond donors (Lipinski definition) is 3. The van der Waals surface area contributed by atoms with Crippen LogP contribution in [0.15, 0.2) is 72.9 Å². The summed E-state index contributed by atoms with van der Waals surface area (Å²) in [7, 11) is 0. The van der Waals surface area contributed by atoms with Gasteiger partial charge in [-0.2, -0.15) is 0 Å². The molecule has 0 bridgehead atoms. The van der Waals surface area contributed by atoms with Gasteiger partial charge < -0.3 is 20.0 Å². The highest BCUT2D eigenvalue weighted by molar-refractivity contribution is 5.83. The highest BCUT2D eigenvalue weighted by Gasteiger charge is 2.34. The van der Waals surface area contributed by atoms with Crippen LogP contribution in [-0.4, -0.2) is 49.6 Å². The summed E-state index contributed by atoms with van der Waals surface area (Å²) in [6, 6.07) is 23.9. The standard InChI is InChI=1S/C35H38N6O2/c1-35(2,3)43-34(42)41-19-5-7-31(41)33-37-21-30(40-33)25-14-12-23(13-15-25)22-8-10-24(11-9-22)26-16-17-27-29(20-26)39-32(38-27)28-6-4-18-36-28/h8-17,20-21,28,31,36H,4-7,18-19H2,1-3H3,(H,37,40)(H,38,39)/t28-,31-/m0/s1. The molecule has 220 valence electrons. The Balaban J connectivity index is 1.04. The normalized spacial score (nSPS) is 18.9. The number of carbonyl (C=O) groups excluding carboxylic acids is 1. The van der Waals surface area contributed by atoms with E-state index in [-0.39, 0.29) is 12.1 Å². The predicted molar refractivity (Wildman–Crippen MR) is 169 cm³/mol. The van der Waals surface area contributed by atoms with Crippen molar-refractivity contribution in [3.63, 3.8) is 0 Å². The van der Waals surface area contributed by atoms with Gasteiger partial charge in [0.15, 0.2) is 0 Å². The Hall–Kier alpha value is -4.43. The topological polar surface area (TPSA) is 98.9 Å². The molecule has 2 atom stereocenters. The lowest BCUT2D eigenvalue weighted by atomic mass is 9.99. The van der Waals surface area contributed by atoms with Crippen LogP contribution < -0.4 is 5.32 Å². The van der Waals surface area contributed by atoms with Crippen molar-refractivity contribution in [2.75, 3.05) is 13.1 Å². The zero-order valence-corrected chi connectivity index (χ0v) is 25.0. The van der Waals surface area contributed by atoms with Crippen LogP contribution in [0, 0.1) is 0 Å². The summed E-state index contributed by atoms with van der Waals surface area (Å²) in [5.41, 5.74) is 8.23. The average molecular weight is 575 g/mol. The minimum atomic E-state index is -0.522. The molecule has 43 heavy (non-hydrogen) atoms. The molecule has 8 nitrogen and oxygen atoms in total. The van der Waals surface area contributed by atoms with E-state index in [0.717, 1.165) is 70.9 Å². The highest BCUT2D eigenvalue weighted by atomic mass is 16.6. The van der Waals surface area contributed by atoms with Crippen LogP contribution in [0.3, 0.4) is 0 Å². The molecular weight excluding hydrogens is 536 g/mol. The fourth-order valence-electron chi connectivity index (χ4n) is 6.23. The lowest BCUT2D eigenvalue weighted by Gasteiger charge is -2.27. The van der Waals surface area contributed by atoms with E-state index in [2.05, 4.69) is 87.0 Å². The van der Waals surface area contributed by atoms with E-state index in [9.17, 15) is 4.79 Å². The summed E-state index contributed by atoms with van der Waals surface area (Å²) in [6.45, 7) is 7.42. The van der Waals surface area contributed by atoms with Crippen LogP contribution >= 0.6 is 0 Å². The number of fused-ring (bicyclic) bond motifs is 1. The third-order valence-electron chi connectivity index (χ3n) is 8.43. The first-order chi connectivity index (χ1) is 20.8. The van der Waals surface area contributed by atoms with Crippen LogP contribution in [0.2, 0.25) is 0 Å². The maximum Gasteiger partial charge on any atom is 0.410 e. The molecule has 1 amide bonds. The number of carbonyl (C=O) groups is 1. The lowest BCUT2D eigenvalue weighted by Crippen LogP contribution is -2.36. The molecule has 2 aromatic heterocycles. The van der Waals surface area contributed by atoms with Gasteiger partial charge in [-0.1, -0.05) is 54.6 Å². The van der Waals surface area contributed by atoms with Crippen molar-refractivity contribution in [2.24, 2.45) is 0 Å². The number of nitrogens with one attached hydrogen (secondary N) is 3. The molecule has 0 radical (unpaired) electrons. The van der Waals surface area contributed by atoms with E-state index < -0.39 is 5.60 Å². The van der Waals surface area contributed by atoms with Crippen molar-refractivity contribution in [3.8, 4) is 33.5 Å². The first-order valence-corrected chi connectivity index (χ1v) is 15.3. The van der Waals surface area contributed by atoms with Crippen LogP contribution in [0.5, 0.6) is 0 Å². The predicted octanol–water partition coefficient (Wildman–Crippen LogP) is 7.78. The van der Waals surface area contributed by atoms with Crippen LogP contribution in [0.25, 0.3) is 44.5 Å². The monoisotopic (exact) mass is 574 g/mol. The van der Waals surface area contributed by atoms with E-state index in [1.54, 1.807) is 4.90 Å². The Morgan fingerprint density at radius 3 is 2.19 bits per heavy atom. The molecule has 0 spiro atoms. The fourth-order valence-corrected chi connectivity index (χ4v) is 6.23. The number of aromatic nitrogens is 4. The molecule has 2 aliphatic heterocycles. The summed E-state index contributed by atoms with van der Waals surface area (Å²) in [5, 5.41) is 3.52. The van der Waals surface area contributed by atoms with E-state index >= 15 is 0 Å². The van der Waals surface area contributed by atoms with Crippen molar-refractivity contribution in [1.82, 2.24) is 30.2 Å². The minimum absolute atomic E-state index is 0.0956. The van der Waals surface area contributed by atoms with Crippen molar-refractivity contribution in [3.05, 3.63) is 84.6 Å². The number of ether oxygens (including phenoxy) is 1. The Labute approximate surface area is 251 Å². The number of hydrogen-bond acceptors (Lipinski definition) is 5. The third kappa shape index (κ3) is 5.67. The van der Waals surface area contributed by atoms with Gasteiger partial charge in [-0.25, -0.2) is 14.8 Å². The zero-order valence-electron chi connectivity index (χ0n) is 25.0. The first-order valence-electron chi connectivity index (χ1n) is 15.3. The smallest absolute Gasteiger partial charge is 0.410 e. The van der Waals surface area contributed by atoms with Gasteiger partial charge in [-0.3, -0.25) is 4.90 Å². The van der Waals surface area contributed by atoms with E-state index in [1.165, 1.54) is 17.5 Å². The largest absolute Gasteiger partial charge is 0.444 e. The second-order valence-electron chi connectivity index (χ2n) is 12.7. The highest BCUT2D eigenvalue weighted by Crippen LogP contribution is 2.34. The third-order valence-corrected chi connectivity index (χ3v) is 8.43. The molecule has 7 rings (SSSR count). The van der Waals surface area contributed by atoms with Crippen molar-refractivity contribution < 1.29 is 9.53 Å². The van der Waals surface area contributed by atoms with Crippen LogP contribution in [0.4, 0.5) is 4.79 Å². The number of nitrogens with zero attached hydrogens (tertiary/aromatic N) is 3. The number of imidazole rings is 2. The lowest BCUT2D eigenvalue weighted by molar-refractivity contribution is 0.0218. The summed E-state index contributed by atoms with van der Waals surface area (Å²) < 4.78 is 5.63. The van der Waals surface area contributed by atoms with Gasteiger partial charge in [0.05, 0.1) is 35.0 Å². The summed E-state index contributed by atoms with van der Waals surface area (Å²) >= 11 is 0. The molecule has 2 fully saturated rings.